The first-order valence-electron chi connectivity index (χ1n) is 13.1. The number of piperidine rings is 1. The van der Waals surface area contributed by atoms with E-state index in [0.717, 1.165) is 44.3 Å². The molecule has 37 heavy (non-hydrogen) atoms. The lowest BCUT2D eigenvalue weighted by Crippen LogP contribution is -2.49. The summed E-state index contributed by atoms with van der Waals surface area (Å²) in [4.78, 5) is 47.5. The summed E-state index contributed by atoms with van der Waals surface area (Å²) in [6.07, 6.45) is 9.90. The quantitative estimate of drug-likeness (QED) is 0.482. The van der Waals surface area contributed by atoms with E-state index in [4.69, 9.17) is 4.74 Å². The van der Waals surface area contributed by atoms with E-state index < -0.39 is 0 Å². The van der Waals surface area contributed by atoms with Crippen molar-refractivity contribution in [1.29, 1.82) is 0 Å². The Labute approximate surface area is 220 Å². The number of hydrogen-bond donors (Lipinski definition) is 0. The molecule has 0 aliphatic carbocycles. The van der Waals surface area contributed by atoms with Gasteiger partial charge in [0.15, 0.2) is 4.96 Å². The zero-order valence-corrected chi connectivity index (χ0v) is 22.2. The number of carbonyl (C=O) groups is 2. The number of nitrogens with zero attached hydrogens (tertiary/aromatic N) is 4. The van der Waals surface area contributed by atoms with Crippen LogP contribution < -0.4 is 10.3 Å². The predicted molar refractivity (Wildman–Crippen MR) is 143 cm³/mol. The van der Waals surface area contributed by atoms with Gasteiger partial charge in [-0.3, -0.25) is 18.8 Å². The van der Waals surface area contributed by atoms with Gasteiger partial charge < -0.3 is 14.5 Å². The molecule has 0 N–H and O–H groups in total. The number of thiazole rings is 1. The first-order valence-corrected chi connectivity index (χ1v) is 14.0. The van der Waals surface area contributed by atoms with E-state index in [1.807, 2.05) is 24.1 Å². The molecule has 1 saturated heterocycles. The van der Waals surface area contributed by atoms with Crippen molar-refractivity contribution >= 4 is 28.1 Å². The van der Waals surface area contributed by atoms with Gasteiger partial charge >= 0.3 is 0 Å². The molecule has 1 fully saturated rings. The van der Waals surface area contributed by atoms with E-state index in [9.17, 15) is 14.4 Å². The van der Waals surface area contributed by atoms with Crippen LogP contribution in [-0.2, 0) is 11.2 Å². The lowest BCUT2D eigenvalue weighted by Gasteiger charge is -2.44. The molecule has 2 amide bonds. The highest BCUT2D eigenvalue weighted by atomic mass is 32.1. The molecule has 2 aliphatic rings. The first kappa shape index (κ1) is 25.4. The molecule has 2 aromatic heterocycles. The number of rotatable bonds is 1. The van der Waals surface area contributed by atoms with Crippen LogP contribution in [0.2, 0.25) is 0 Å². The maximum Gasteiger partial charge on any atom is 0.271 e. The number of aryl methyl sites for hydroxylation is 1. The Morgan fingerprint density at radius 3 is 2.70 bits per heavy atom. The molecule has 0 atom stereocenters. The van der Waals surface area contributed by atoms with Crippen LogP contribution in [0.1, 0.15) is 60.9 Å². The molecule has 0 saturated carbocycles. The molecule has 196 valence electrons. The zero-order valence-electron chi connectivity index (χ0n) is 21.4. The van der Waals surface area contributed by atoms with E-state index in [-0.39, 0.29) is 28.4 Å². The SMILES string of the molecule is CN1CC2(CCCCc3ccccc3OCCCC1=O)CCN(C(=O)c1cnc3sccn3c1=O)CC2. The molecule has 9 heteroatoms. The van der Waals surface area contributed by atoms with Gasteiger partial charge in [-0.25, -0.2) is 4.98 Å². The normalized spacial score (nSPS) is 19.3. The molecule has 5 rings (SSSR count). The van der Waals surface area contributed by atoms with Crippen LogP contribution in [0.25, 0.3) is 4.96 Å². The molecule has 0 bridgehead atoms. The van der Waals surface area contributed by atoms with Crippen molar-refractivity contribution in [1.82, 2.24) is 19.2 Å². The smallest absolute Gasteiger partial charge is 0.271 e. The Kier molecular flexibility index (Phi) is 7.60. The Morgan fingerprint density at radius 1 is 1.05 bits per heavy atom. The van der Waals surface area contributed by atoms with E-state index in [1.54, 1.807) is 16.5 Å². The monoisotopic (exact) mass is 522 g/mol. The van der Waals surface area contributed by atoms with Crippen molar-refractivity contribution in [3.8, 4) is 5.75 Å². The molecule has 2 aliphatic heterocycles. The van der Waals surface area contributed by atoms with Gasteiger partial charge in [-0.15, -0.1) is 11.3 Å². The fourth-order valence-corrected chi connectivity index (χ4v) is 6.34. The summed E-state index contributed by atoms with van der Waals surface area (Å²) in [5, 5.41) is 1.79. The minimum Gasteiger partial charge on any atom is -0.493 e. The lowest BCUT2D eigenvalue weighted by molar-refractivity contribution is -0.132. The summed E-state index contributed by atoms with van der Waals surface area (Å²) in [5.41, 5.74) is 0.987. The summed E-state index contributed by atoms with van der Waals surface area (Å²) in [7, 11) is 1.90. The van der Waals surface area contributed by atoms with Crippen molar-refractivity contribution in [3.05, 3.63) is 63.5 Å². The molecule has 8 nitrogen and oxygen atoms in total. The van der Waals surface area contributed by atoms with Crippen molar-refractivity contribution in [3.63, 3.8) is 0 Å². The summed E-state index contributed by atoms with van der Waals surface area (Å²) >= 11 is 1.37. The zero-order chi connectivity index (χ0) is 25.8. The molecule has 0 radical (unpaired) electrons. The number of benzene rings is 1. The summed E-state index contributed by atoms with van der Waals surface area (Å²) in [6, 6.07) is 8.19. The van der Waals surface area contributed by atoms with Gasteiger partial charge in [0.2, 0.25) is 5.91 Å². The van der Waals surface area contributed by atoms with Crippen LogP contribution in [0.5, 0.6) is 5.75 Å². The van der Waals surface area contributed by atoms with E-state index >= 15 is 0 Å². The van der Waals surface area contributed by atoms with Gasteiger partial charge in [0.25, 0.3) is 11.5 Å². The highest BCUT2D eigenvalue weighted by Crippen LogP contribution is 2.38. The number of para-hydroxylation sites is 1. The van der Waals surface area contributed by atoms with Crippen molar-refractivity contribution in [2.75, 3.05) is 33.3 Å². The highest BCUT2D eigenvalue weighted by molar-refractivity contribution is 7.15. The Hall–Kier alpha value is -3.20. The van der Waals surface area contributed by atoms with E-state index in [0.29, 0.717) is 44.0 Å². The fraction of sp³-hybridized carbons (Fsp3) is 0.500. The maximum atomic E-state index is 13.3. The summed E-state index contributed by atoms with van der Waals surface area (Å²) in [6.45, 7) is 2.37. The van der Waals surface area contributed by atoms with Crippen LogP contribution in [0, 0.1) is 5.41 Å². The van der Waals surface area contributed by atoms with Crippen molar-refractivity contribution in [2.24, 2.45) is 5.41 Å². The second-order valence-corrected chi connectivity index (χ2v) is 11.2. The molecule has 0 unspecified atom stereocenters. The minimum absolute atomic E-state index is 0.0358. The number of hydrogen-bond acceptors (Lipinski definition) is 6. The number of ether oxygens (including phenoxy) is 1. The summed E-state index contributed by atoms with van der Waals surface area (Å²) in [5.74, 6) is 0.804. The summed E-state index contributed by atoms with van der Waals surface area (Å²) < 4.78 is 7.42. The molecular weight excluding hydrogens is 488 g/mol. The molecule has 3 aromatic rings. The van der Waals surface area contributed by atoms with E-state index in [1.165, 1.54) is 27.5 Å². The fourth-order valence-electron chi connectivity index (χ4n) is 5.67. The number of fused-ring (bicyclic) bond motifs is 2. The van der Waals surface area contributed by atoms with Crippen LogP contribution in [0.3, 0.4) is 0 Å². The van der Waals surface area contributed by atoms with Crippen LogP contribution in [0.15, 0.2) is 46.8 Å². The second-order valence-electron chi connectivity index (χ2n) is 10.3. The Morgan fingerprint density at radius 2 is 1.86 bits per heavy atom. The van der Waals surface area contributed by atoms with Crippen molar-refractivity contribution < 1.29 is 14.3 Å². The molecular formula is C28H34N4O4S. The highest BCUT2D eigenvalue weighted by Gasteiger charge is 2.38. The third-order valence-corrected chi connectivity index (χ3v) is 8.62. The number of likely N-dealkylation sites (tertiary alicyclic amines) is 1. The topological polar surface area (TPSA) is 84.2 Å². The first-order chi connectivity index (χ1) is 18.0. The van der Waals surface area contributed by atoms with Crippen LogP contribution >= 0.6 is 11.3 Å². The van der Waals surface area contributed by atoms with Gasteiger partial charge in [-0.05, 0) is 55.6 Å². The molecule has 4 heterocycles. The number of amides is 2. The Bertz CT molecular complexity index is 1320. The lowest BCUT2D eigenvalue weighted by atomic mass is 9.73. The standard InChI is InChI=1S/C28H34N4O4S/c1-30-20-28(11-5-4-8-21-7-2-3-9-23(21)36-17-6-10-24(30)33)12-14-31(15-13-28)25(34)22-19-29-27-32(26(22)35)16-18-37-27/h2-3,7,9,16,18-19H,4-6,8,10-15,17,20H2,1H3. The van der Waals surface area contributed by atoms with Gasteiger partial charge in [0.05, 0.1) is 6.61 Å². The number of aromatic nitrogens is 2. The molecule has 1 aromatic carbocycles. The van der Waals surface area contributed by atoms with Crippen LogP contribution in [-0.4, -0.2) is 64.3 Å². The maximum absolute atomic E-state index is 13.3. The van der Waals surface area contributed by atoms with Crippen LogP contribution in [0.4, 0.5) is 0 Å². The second kappa shape index (κ2) is 11.0. The average molecular weight is 523 g/mol. The Balaban J connectivity index is 1.29. The third-order valence-electron chi connectivity index (χ3n) is 7.85. The van der Waals surface area contributed by atoms with Gasteiger partial charge in [0.1, 0.15) is 11.3 Å². The number of carbonyl (C=O) groups excluding carboxylic acids is 2. The van der Waals surface area contributed by atoms with Gasteiger partial charge in [-0.1, -0.05) is 24.6 Å². The molecule has 1 spiro atoms. The largest absolute Gasteiger partial charge is 0.493 e. The van der Waals surface area contributed by atoms with Gasteiger partial charge in [0, 0.05) is 50.9 Å². The van der Waals surface area contributed by atoms with E-state index in [2.05, 4.69) is 17.1 Å². The minimum atomic E-state index is -0.316. The van der Waals surface area contributed by atoms with Crippen molar-refractivity contribution in [2.45, 2.75) is 51.4 Å². The third kappa shape index (κ3) is 5.56. The average Bonchev–Trinajstić information content (AvgIpc) is 3.39. The predicted octanol–water partition coefficient (Wildman–Crippen LogP) is 4.02. The van der Waals surface area contributed by atoms with Gasteiger partial charge in [-0.2, -0.15) is 0 Å².